The molecular formula is C28H37NO6S. The van der Waals surface area contributed by atoms with Gasteiger partial charge in [0.25, 0.3) is 5.24 Å². The van der Waals surface area contributed by atoms with Crippen LogP contribution in [0.5, 0.6) is 5.75 Å². The molecule has 0 N–H and O–H groups in total. The van der Waals surface area contributed by atoms with Gasteiger partial charge in [0.2, 0.25) is 0 Å². The number of methoxy groups -OCH3 is 2. The van der Waals surface area contributed by atoms with Gasteiger partial charge in [0.15, 0.2) is 5.79 Å². The maximum atomic E-state index is 13.0. The second kappa shape index (κ2) is 12.3. The number of hydrogen-bond acceptors (Lipinski definition) is 7. The highest BCUT2D eigenvalue weighted by Crippen LogP contribution is 2.43. The highest BCUT2D eigenvalue weighted by molar-refractivity contribution is 8.13. The Balaban J connectivity index is 1.58. The maximum Gasteiger partial charge on any atom is 0.330 e. The number of allylic oxidation sites excluding steroid dienone is 3. The predicted molar refractivity (Wildman–Crippen MR) is 140 cm³/mol. The Labute approximate surface area is 218 Å². The van der Waals surface area contributed by atoms with Crippen molar-refractivity contribution in [2.75, 3.05) is 20.0 Å². The molecule has 3 aliphatic rings. The van der Waals surface area contributed by atoms with E-state index >= 15 is 0 Å². The van der Waals surface area contributed by atoms with Gasteiger partial charge in [0.05, 0.1) is 19.3 Å². The Morgan fingerprint density at radius 3 is 2.64 bits per heavy atom. The van der Waals surface area contributed by atoms with Gasteiger partial charge in [0, 0.05) is 38.3 Å². The number of thioether (sulfide) groups is 1. The fourth-order valence-corrected chi connectivity index (χ4v) is 6.31. The molecule has 1 aromatic rings. The minimum Gasteiger partial charge on any atom is -0.497 e. The van der Waals surface area contributed by atoms with Crippen LogP contribution in [-0.2, 0) is 25.5 Å². The molecule has 7 nitrogen and oxygen atoms in total. The van der Waals surface area contributed by atoms with Crippen molar-refractivity contribution in [3.05, 3.63) is 53.6 Å². The van der Waals surface area contributed by atoms with E-state index in [1.54, 1.807) is 20.3 Å². The largest absolute Gasteiger partial charge is 0.497 e. The Hall–Kier alpha value is -2.29. The van der Waals surface area contributed by atoms with Crippen molar-refractivity contribution < 1.29 is 28.5 Å². The van der Waals surface area contributed by atoms with Gasteiger partial charge in [-0.05, 0) is 56.7 Å². The van der Waals surface area contributed by atoms with E-state index in [0.29, 0.717) is 25.1 Å². The zero-order valence-corrected chi connectivity index (χ0v) is 22.3. The maximum absolute atomic E-state index is 13.0. The van der Waals surface area contributed by atoms with Gasteiger partial charge >= 0.3 is 5.97 Å². The molecule has 0 aliphatic carbocycles. The van der Waals surface area contributed by atoms with E-state index in [-0.39, 0.29) is 29.5 Å². The summed E-state index contributed by atoms with van der Waals surface area (Å²) in [6.07, 6.45) is 11.1. The molecule has 0 saturated carbocycles. The van der Waals surface area contributed by atoms with Crippen molar-refractivity contribution in [3.63, 3.8) is 0 Å². The highest BCUT2D eigenvalue weighted by Gasteiger charge is 2.54. The SMILES string of the molecule is COc1ccc(CN2C(=O)SC[C@@H]2[C@@]2(OC)CC3C[C@@H](CCC/C=C/CC/C(C)=C\C(=O)O3)O2)cc1. The molecule has 8 heteroatoms. The number of nitrogens with zero attached hydrogens (tertiary/aromatic N) is 1. The minimum absolute atomic E-state index is 0.00246. The Kier molecular flexibility index (Phi) is 9.14. The number of benzene rings is 1. The van der Waals surface area contributed by atoms with Crippen molar-refractivity contribution >= 4 is 23.0 Å². The average Bonchev–Trinajstić information content (AvgIpc) is 3.23. The van der Waals surface area contributed by atoms with Crippen LogP contribution in [0.1, 0.15) is 57.4 Å². The van der Waals surface area contributed by atoms with Crippen molar-refractivity contribution in [1.29, 1.82) is 0 Å². The zero-order chi connectivity index (χ0) is 25.5. The first-order valence-electron chi connectivity index (χ1n) is 12.7. The van der Waals surface area contributed by atoms with Gasteiger partial charge in [-0.1, -0.05) is 41.6 Å². The number of amides is 1. The van der Waals surface area contributed by atoms with Crippen molar-refractivity contribution in [1.82, 2.24) is 4.90 Å². The van der Waals surface area contributed by atoms with Gasteiger partial charge < -0.3 is 23.8 Å². The summed E-state index contributed by atoms with van der Waals surface area (Å²) in [5.41, 5.74) is 2.01. The Morgan fingerprint density at radius 1 is 1.11 bits per heavy atom. The summed E-state index contributed by atoms with van der Waals surface area (Å²) < 4.78 is 24.0. The quantitative estimate of drug-likeness (QED) is 0.371. The van der Waals surface area contributed by atoms with Crippen LogP contribution >= 0.6 is 11.8 Å². The van der Waals surface area contributed by atoms with Crippen molar-refractivity contribution in [3.8, 4) is 5.75 Å². The Morgan fingerprint density at radius 2 is 1.89 bits per heavy atom. The molecular weight excluding hydrogens is 478 g/mol. The summed E-state index contributed by atoms with van der Waals surface area (Å²) in [7, 11) is 3.26. The van der Waals surface area contributed by atoms with Gasteiger partial charge in [-0.25, -0.2) is 4.79 Å². The summed E-state index contributed by atoms with van der Waals surface area (Å²) >= 11 is 1.28. The first kappa shape index (κ1) is 26.8. The minimum atomic E-state index is -1.05. The molecule has 2 fully saturated rings. The third-order valence-corrected chi connectivity index (χ3v) is 8.12. The van der Waals surface area contributed by atoms with Gasteiger partial charge in [-0.3, -0.25) is 4.79 Å². The summed E-state index contributed by atoms with van der Waals surface area (Å²) in [5.74, 6) is -0.0489. The average molecular weight is 516 g/mol. The Bertz CT molecular complexity index is 977. The lowest BCUT2D eigenvalue weighted by Gasteiger charge is -2.48. The lowest BCUT2D eigenvalue weighted by atomic mass is 9.90. The fourth-order valence-electron chi connectivity index (χ4n) is 5.22. The number of esters is 1. The monoisotopic (exact) mass is 515 g/mol. The van der Waals surface area contributed by atoms with E-state index in [2.05, 4.69) is 12.2 Å². The third-order valence-electron chi connectivity index (χ3n) is 7.16. The van der Waals surface area contributed by atoms with Gasteiger partial charge in [-0.15, -0.1) is 0 Å². The molecule has 4 rings (SSSR count). The summed E-state index contributed by atoms with van der Waals surface area (Å²) in [6.45, 7) is 2.41. The molecule has 0 aromatic heterocycles. The van der Waals surface area contributed by atoms with Crippen LogP contribution < -0.4 is 4.74 Å². The van der Waals surface area contributed by atoms with E-state index in [9.17, 15) is 9.59 Å². The van der Waals surface area contributed by atoms with E-state index in [1.807, 2.05) is 36.1 Å². The van der Waals surface area contributed by atoms with E-state index in [0.717, 1.165) is 49.0 Å². The van der Waals surface area contributed by atoms with Crippen LogP contribution in [0, 0.1) is 0 Å². The van der Waals surface area contributed by atoms with Crippen molar-refractivity contribution in [2.24, 2.45) is 0 Å². The molecule has 0 radical (unpaired) electrons. The standard InChI is InChI=1S/C28H37NO6S/c1-20-9-7-5-4-6-8-10-23-16-24(34-26(30)15-20)17-28(33-3,35-23)25-19-36-27(31)29(25)18-21-11-13-22(32-2)14-12-21/h4-5,11-15,23-25H,6-10,16-19H2,1-3H3/b5-4+,20-15-/t23-,24?,25-,28-/m1/s1. The normalized spacial score (nSPS) is 32.2. The van der Waals surface area contributed by atoms with Gasteiger partial charge in [-0.2, -0.15) is 0 Å². The van der Waals surface area contributed by atoms with Gasteiger partial charge in [0.1, 0.15) is 11.9 Å². The molecule has 1 amide bonds. The topological polar surface area (TPSA) is 74.3 Å². The lowest BCUT2D eigenvalue weighted by Crippen LogP contribution is -2.60. The third kappa shape index (κ3) is 6.52. The second-order valence-electron chi connectivity index (χ2n) is 9.75. The van der Waals surface area contributed by atoms with E-state index < -0.39 is 5.79 Å². The van der Waals surface area contributed by atoms with E-state index in [1.165, 1.54) is 11.8 Å². The number of carbonyl (C=O) groups is 2. The number of carbonyl (C=O) groups excluding carboxylic acids is 2. The van der Waals surface area contributed by atoms with Crippen LogP contribution in [0.4, 0.5) is 4.79 Å². The number of rotatable bonds is 5. The molecule has 0 spiro atoms. The molecule has 3 heterocycles. The molecule has 36 heavy (non-hydrogen) atoms. The molecule has 1 unspecified atom stereocenters. The predicted octanol–water partition coefficient (Wildman–Crippen LogP) is 5.63. The number of ether oxygens (including phenoxy) is 4. The molecule has 196 valence electrons. The lowest BCUT2D eigenvalue weighted by molar-refractivity contribution is -0.305. The smallest absolute Gasteiger partial charge is 0.330 e. The van der Waals surface area contributed by atoms with Crippen LogP contribution in [0.25, 0.3) is 0 Å². The van der Waals surface area contributed by atoms with Crippen LogP contribution in [-0.4, -0.2) is 60.1 Å². The molecule has 2 bridgehead atoms. The summed E-state index contributed by atoms with van der Waals surface area (Å²) in [4.78, 5) is 27.5. The zero-order valence-electron chi connectivity index (χ0n) is 21.4. The van der Waals surface area contributed by atoms with Crippen LogP contribution in [0.15, 0.2) is 48.1 Å². The highest BCUT2D eigenvalue weighted by atomic mass is 32.2. The molecule has 4 atom stereocenters. The summed E-state index contributed by atoms with van der Waals surface area (Å²) in [6, 6.07) is 7.42. The number of fused-ring (bicyclic) bond motifs is 2. The molecule has 1 aromatic carbocycles. The second-order valence-corrected chi connectivity index (χ2v) is 10.7. The number of hydrogen-bond donors (Lipinski definition) is 0. The fraction of sp³-hybridized carbons (Fsp3) is 0.571. The first-order chi connectivity index (χ1) is 17.4. The summed E-state index contributed by atoms with van der Waals surface area (Å²) in [5, 5.41) is -0.00246. The van der Waals surface area contributed by atoms with Crippen molar-refractivity contribution in [2.45, 2.75) is 82.5 Å². The molecule has 2 saturated heterocycles. The van der Waals surface area contributed by atoms with Crippen LogP contribution in [0.2, 0.25) is 0 Å². The first-order valence-corrected chi connectivity index (χ1v) is 13.7. The molecule has 3 aliphatic heterocycles. The van der Waals surface area contributed by atoms with Crippen LogP contribution in [0.3, 0.4) is 0 Å². The van der Waals surface area contributed by atoms with E-state index in [4.69, 9.17) is 18.9 Å².